The van der Waals surface area contributed by atoms with Gasteiger partial charge in [0.15, 0.2) is 17.3 Å². The van der Waals surface area contributed by atoms with Crippen molar-refractivity contribution in [3.05, 3.63) is 71.3 Å². The second-order valence-corrected chi connectivity index (χ2v) is 9.00. The van der Waals surface area contributed by atoms with Crippen molar-refractivity contribution >= 4 is 17.3 Å². The van der Waals surface area contributed by atoms with Gasteiger partial charge in [-0.25, -0.2) is 0 Å². The van der Waals surface area contributed by atoms with Crippen molar-refractivity contribution in [1.82, 2.24) is 0 Å². The maximum absolute atomic E-state index is 10.7. The summed E-state index contributed by atoms with van der Waals surface area (Å²) < 4.78 is 20.6. The van der Waals surface area contributed by atoms with Crippen molar-refractivity contribution in [3.63, 3.8) is 0 Å². The monoisotopic (exact) mass is 570 g/mol. The first-order valence-electron chi connectivity index (χ1n) is 12.4. The number of benzene rings is 3. The fraction of sp³-hybridized carbons (Fsp3) is 0.344. The number of phenols is 2. The van der Waals surface area contributed by atoms with Crippen molar-refractivity contribution < 1.29 is 43.5 Å². The number of hydrogen-bond acceptors (Lipinski definition) is 9. The van der Waals surface area contributed by atoms with Crippen LogP contribution in [0.3, 0.4) is 0 Å². The third kappa shape index (κ3) is 15.0. The van der Waals surface area contributed by atoms with Gasteiger partial charge < -0.3 is 29.2 Å². The third-order valence-electron chi connectivity index (χ3n) is 4.99. The summed E-state index contributed by atoms with van der Waals surface area (Å²) in [6.07, 6.45) is 0. The van der Waals surface area contributed by atoms with Crippen LogP contribution in [0.5, 0.6) is 34.5 Å². The molecule has 3 aromatic carbocycles. The van der Waals surface area contributed by atoms with Crippen LogP contribution in [0.15, 0.2) is 54.6 Å². The summed E-state index contributed by atoms with van der Waals surface area (Å²) in [6, 6.07) is 15.1. The van der Waals surface area contributed by atoms with E-state index in [0.717, 1.165) is 22.4 Å². The first-order valence-corrected chi connectivity index (χ1v) is 12.4. The zero-order chi connectivity index (χ0) is 30.2. The lowest BCUT2D eigenvalue weighted by Crippen LogP contribution is -2.06. The number of rotatable bonds is 10. The highest BCUT2D eigenvalue weighted by Gasteiger charge is 2.05. The largest absolute Gasteiger partial charge is 0.508 e. The molecule has 0 fully saturated rings. The van der Waals surface area contributed by atoms with Crippen LogP contribution in [-0.2, 0) is 14.4 Å². The second-order valence-electron chi connectivity index (χ2n) is 9.00. The van der Waals surface area contributed by atoms with E-state index in [-0.39, 0.29) is 56.1 Å². The first-order chi connectivity index (χ1) is 18.8. The van der Waals surface area contributed by atoms with E-state index in [1.165, 1.54) is 32.9 Å². The van der Waals surface area contributed by atoms with Gasteiger partial charge in [0.25, 0.3) is 0 Å². The summed E-state index contributed by atoms with van der Waals surface area (Å²) in [6.45, 7) is 10.2. The normalized spacial score (nSPS) is 9.44. The Bertz CT molecular complexity index is 1240. The lowest BCUT2D eigenvalue weighted by Gasteiger charge is -2.08. The zero-order valence-corrected chi connectivity index (χ0v) is 24.1. The summed E-state index contributed by atoms with van der Waals surface area (Å²) in [5.41, 5.74) is 2.50. The lowest BCUT2D eigenvalue weighted by molar-refractivity contribution is -0.119. The summed E-state index contributed by atoms with van der Waals surface area (Å²) in [7, 11) is 1.62. The lowest BCUT2D eigenvalue weighted by atomic mass is 10.1. The molecule has 224 valence electrons. The maximum Gasteiger partial charge on any atom is 0.167 e. The maximum atomic E-state index is 10.7. The Morgan fingerprint density at radius 2 is 1.00 bits per heavy atom. The van der Waals surface area contributed by atoms with Crippen LogP contribution in [-0.4, -0.2) is 54.5 Å². The molecule has 0 aliphatic heterocycles. The number of phenolic OH excluding ortho intramolecular Hbond substituents is 2. The minimum Gasteiger partial charge on any atom is -0.508 e. The van der Waals surface area contributed by atoms with Crippen LogP contribution in [0.4, 0.5) is 0 Å². The SMILES string of the molecule is C.CC(=O)COc1cc(C)c(O)c(C)c1.CC(=O)COc1ccc(O)cc1.COc1ccc(OCC(C)=O)cc1C. The number of aryl methyl sites for hydroxylation is 3. The van der Waals surface area contributed by atoms with Crippen molar-refractivity contribution in [2.75, 3.05) is 26.9 Å². The van der Waals surface area contributed by atoms with Crippen LogP contribution in [0, 0.1) is 20.8 Å². The van der Waals surface area contributed by atoms with Crippen LogP contribution in [0.25, 0.3) is 0 Å². The van der Waals surface area contributed by atoms with E-state index < -0.39 is 0 Å². The fourth-order valence-electron chi connectivity index (χ4n) is 3.04. The molecule has 3 rings (SSSR count). The minimum atomic E-state index is -0.0249. The summed E-state index contributed by atoms with van der Waals surface area (Å²) in [5, 5.41) is 18.4. The molecule has 0 unspecified atom stereocenters. The van der Waals surface area contributed by atoms with Crippen LogP contribution in [0.1, 0.15) is 44.9 Å². The van der Waals surface area contributed by atoms with E-state index in [0.29, 0.717) is 17.2 Å². The molecule has 9 heteroatoms. The zero-order valence-electron chi connectivity index (χ0n) is 24.1. The van der Waals surface area contributed by atoms with E-state index in [9.17, 15) is 19.5 Å². The Balaban J connectivity index is 0.000000580. The van der Waals surface area contributed by atoms with E-state index in [2.05, 4.69) is 0 Å². The molecule has 0 aliphatic rings. The Morgan fingerprint density at radius 1 is 0.610 bits per heavy atom. The van der Waals surface area contributed by atoms with Gasteiger partial charge in [0.1, 0.15) is 54.3 Å². The van der Waals surface area contributed by atoms with Crippen LogP contribution < -0.4 is 18.9 Å². The van der Waals surface area contributed by atoms with Gasteiger partial charge >= 0.3 is 0 Å². The molecule has 0 heterocycles. The van der Waals surface area contributed by atoms with E-state index in [1.807, 2.05) is 19.1 Å². The predicted molar refractivity (Wildman–Crippen MR) is 159 cm³/mol. The van der Waals surface area contributed by atoms with Gasteiger partial charge in [-0.05, 0) is 113 Å². The minimum absolute atomic E-state index is 0. The Labute approximate surface area is 242 Å². The topological polar surface area (TPSA) is 129 Å². The molecule has 2 N–H and O–H groups in total. The van der Waals surface area contributed by atoms with Crippen LogP contribution >= 0.6 is 0 Å². The molecule has 41 heavy (non-hydrogen) atoms. The highest BCUT2D eigenvalue weighted by atomic mass is 16.5. The van der Waals surface area contributed by atoms with Gasteiger partial charge in [-0.2, -0.15) is 0 Å². The molecule has 0 saturated heterocycles. The van der Waals surface area contributed by atoms with Crippen molar-refractivity contribution in [3.8, 4) is 34.5 Å². The van der Waals surface area contributed by atoms with E-state index >= 15 is 0 Å². The molecule has 0 aliphatic carbocycles. The van der Waals surface area contributed by atoms with Gasteiger partial charge in [0, 0.05) is 0 Å². The molecule has 0 aromatic heterocycles. The number of ketones is 3. The molecule has 0 atom stereocenters. The Morgan fingerprint density at radius 3 is 1.41 bits per heavy atom. The summed E-state index contributed by atoms with van der Waals surface area (Å²) >= 11 is 0. The number of Topliss-reactive ketones (excluding diaryl/α,β-unsaturated/α-hetero) is 3. The number of carbonyl (C=O) groups excluding carboxylic acids is 3. The molecule has 0 saturated carbocycles. The van der Waals surface area contributed by atoms with Gasteiger partial charge in [-0.1, -0.05) is 7.43 Å². The molecular formula is C32H42O9. The van der Waals surface area contributed by atoms with Gasteiger partial charge in [0.05, 0.1) is 7.11 Å². The predicted octanol–water partition coefficient (Wildman–Crippen LogP) is 5.94. The van der Waals surface area contributed by atoms with Crippen molar-refractivity contribution in [2.24, 2.45) is 0 Å². The Hall–Kier alpha value is -4.53. The Kier molecular flexibility index (Phi) is 16.6. The number of aromatic hydroxyl groups is 2. The molecule has 0 amide bonds. The van der Waals surface area contributed by atoms with Gasteiger partial charge in [-0.3, -0.25) is 14.4 Å². The average Bonchev–Trinajstić information content (AvgIpc) is 2.89. The second kappa shape index (κ2) is 18.7. The third-order valence-corrected chi connectivity index (χ3v) is 4.99. The molecule has 0 radical (unpaired) electrons. The van der Waals surface area contributed by atoms with Crippen molar-refractivity contribution in [2.45, 2.75) is 49.0 Å². The average molecular weight is 571 g/mol. The summed E-state index contributed by atoms with van der Waals surface area (Å²) in [4.78, 5) is 31.9. The van der Waals surface area contributed by atoms with E-state index in [1.54, 1.807) is 51.3 Å². The summed E-state index contributed by atoms with van der Waals surface area (Å²) in [5.74, 6) is 3.15. The van der Waals surface area contributed by atoms with Gasteiger partial charge in [0.2, 0.25) is 0 Å². The first kappa shape index (κ1) is 36.5. The molecule has 0 bridgehead atoms. The van der Waals surface area contributed by atoms with Crippen LogP contribution in [0.2, 0.25) is 0 Å². The fourth-order valence-corrected chi connectivity index (χ4v) is 3.04. The highest BCUT2D eigenvalue weighted by molar-refractivity contribution is 5.77. The quantitative estimate of drug-likeness (QED) is 0.304. The molecule has 0 spiro atoms. The number of hydrogen-bond donors (Lipinski definition) is 2. The molecular weight excluding hydrogens is 528 g/mol. The van der Waals surface area contributed by atoms with Crippen molar-refractivity contribution in [1.29, 1.82) is 0 Å². The highest BCUT2D eigenvalue weighted by Crippen LogP contribution is 2.27. The smallest absolute Gasteiger partial charge is 0.167 e. The molecule has 9 nitrogen and oxygen atoms in total. The number of methoxy groups -OCH3 is 1. The van der Waals surface area contributed by atoms with Gasteiger partial charge in [-0.15, -0.1) is 0 Å². The number of ether oxygens (including phenoxy) is 4. The molecule has 3 aromatic rings. The van der Waals surface area contributed by atoms with E-state index in [4.69, 9.17) is 24.1 Å². The number of carbonyl (C=O) groups is 3. The standard InChI is InChI=1S/2C11H14O3.C9H10O3.CH4/c1-7-4-10(14-6-9(3)12)5-8(2)11(7)13;1-8-6-10(14-7-9(2)12)4-5-11(8)13-3;1-7(10)6-12-9-4-2-8(11)3-5-9;/h4-5,13H,6H2,1-3H3;4-6H,7H2,1-3H3;2-5,11H,6H2,1H3;1H4.